The third-order valence-corrected chi connectivity index (χ3v) is 3.20. The monoisotopic (exact) mass is 301 g/mol. The van der Waals surface area contributed by atoms with E-state index >= 15 is 0 Å². The van der Waals surface area contributed by atoms with Gasteiger partial charge in [0.15, 0.2) is 0 Å². The van der Waals surface area contributed by atoms with Crippen molar-refractivity contribution in [1.29, 1.82) is 0 Å². The molecule has 1 aliphatic rings. The van der Waals surface area contributed by atoms with Crippen LogP contribution < -0.4 is 0 Å². The maximum Gasteiger partial charge on any atom is 0.0815 e. The van der Waals surface area contributed by atoms with Crippen LogP contribution in [0.2, 0.25) is 0 Å². The lowest BCUT2D eigenvalue weighted by Crippen LogP contribution is -2.49. The predicted molar refractivity (Wildman–Crippen MR) is 86.3 cm³/mol. The Morgan fingerprint density at radius 2 is 1.48 bits per heavy atom. The highest BCUT2D eigenvalue weighted by molar-refractivity contribution is 4.75. The van der Waals surface area contributed by atoms with E-state index in [1.807, 2.05) is 0 Å². The van der Waals surface area contributed by atoms with Crippen molar-refractivity contribution >= 4 is 0 Å². The van der Waals surface area contributed by atoms with Crippen LogP contribution in [0.25, 0.3) is 0 Å². The van der Waals surface area contributed by atoms with Crippen LogP contribution in [-0.4, -0.2) is 49.2 Å². The van der Waals surface area contributed by atoms with Crippen LogP contribution in [0.4, 0.5) is 0 Å². The standard InChI is InChI=1S/C17H35NO3/c1-16(2,3)20-12-8-11-19-10-7-9-15-13-18(14-15)21-17(4,5)6/h15H,7-14H2,1-6H3. The van der Waals surface area contributed by atoms with Gasteiger partial charge in [-0.1, -0.05) is 0 Å². The van der Waals surface area contributed by atoms with Crippen molar-refractivity contribution in [1.82, 2.24) is 5.06 Å². The summed E-state index contributed by atoms with van der Waals surface area (Å²) in [4.78, 5) is 5.79. The highest BCUT2D eigenvalue weighted by Crippen LogP contribution is 2.24. The molecular weight excluding hydrogens is 266 g/mol. The average molecular weight is 301 g/mol. The second-order valence-corrected chi connectivity index (χ2v) is 7.99. The van der Waals surface area contributed by atoms with Crippen molar-refractivity contribution in [2.45, 2.75) is 72.0 Å². The van der Waals surface area contributed by atoms with Crippen LogP contribution in [0.1, 0.15) is 60.8 Å². The van der Waals surface area contributed by atoms with Gasteiger partial charge in [-0.15, -0.1) is 0 Å². The number of hydrogen-bond acceptors (Lipinski definition) is 4. The topological polar surface area (TPSA) is 30.9 Å². The Morgan fingerprint density at radius 3 is 2.05 bits per heavy atom. The Balaban J connectivity index is 1.84. The first kappa shape index (κ1) is 18.9. The number of rotatable bonds is 9. The molecule has 0 unspecified atom stereocenters. The minimum atomic E-state index is -0.0663. The van der Waals surface area contributed by atoms with Crippen LogP contribution in [0, 0.1) is 5.92 Å². The molecule has 126 valence electrons. The SMILES string of the molecule is CC(C)(C)OCCCOCCCC1CN(OC(C)(C)C)C1. The summed E-state index contributed by atoms with van der Waals surface area (Å²) in [5.41, 5.74) is -0.103. The van der Waals surface area contributed by atoms with Crippen LogP contribution in [0.5, 0.6) is 0 Å². The molecule has 0 atom stereocenters. The Labute approximate surface area is 131 Å². The van der Waals surface area contributed by atoms with E-state index in [-0.39, 0.29) is 11.2 Å². The van der Waals surface area contributed by atoms with E-state index in [0.717, 1.165) is 51.7 Å². The Morgan fingerprint density at radius 1 is 0.857 bits per heavy atom. The zero-order chi connectivity index (χ0) is 15.9. The summed E-state index contributed by atoms with van der Waals surface area (Å²) in [5, 5.41) is 2.08. The number of hydrogen-bond donors (Lipinski definition) is 0. The van der Waals surface area contributed by atoms with Crippen LogP contribution in [-0.2, 0) is 14.3 Å². The molecule has 0 N–H and O–H groups in total. The third kappa shape index (κ3) is 10.2. The van der Waals surface area contributed by atoms with Crippen LogP contribution in [0.15, 0.2) is 0 Å². The molecule has 0 aromatic rings. The fraction of sp³-hybridized carbons (Fsp3) is 1.00. The average Bonchev–Trinajstić information content (AvgIpc) is 2.25. The zero-order valence-electron chi connectivity index (χ0n) is 14.9. The van der Waals surface area contributed by atoms with Gasteiger partial charge in [0.05, 0.1) is 11.2 Å². The molecule has 4 nitrogen and oxygen atoms in total. The number of nitrogens with zero attached hydrogens (tertiary/aromatic N) is 1. The molecule has 1 aliphatic heterocycles. The minimum Gasteiger partial charge on any atom is -0.381 e. The first-order valence-corrected chi connectivity index (χ1v) is 8.31. The van der Waals surface area contributed by atoms with Crippen molar-refractivity contribution in [2.24, 2.45) is 5.92 Å². The number of hydroxylamine groups is 2. The summed E-state index contributed by atoms with van der Waals surface area (Å²) in [6.45, 7) is 17.1. The summed E-state index contributed by atoms with van der Waals surface area (Å²) in [7, 11) is 0. The lowest BCUT2D eigenvalue weighted by molar-refractivity contribution is -0.275. The molecule has 21 heavy (non-hydrogen) atoms. The summed E-state index contributed by atoms with van der Waals surface area (Å²) < 4.78 is 11.3. The highest BCUT2D eigenvalue weighted by atomic mass is 16.7. The highest BCUT2D eigenvalue weighted by Gasteiger charge is 2.30. The van der Waals surface area contributed by atoms with Gasteiger partial charge >= 0.3 is 0 Å². The second kappa shape index (κ2) is 8.47. The van der Waals surface area contributed by atoms with Crippen LogP contribution in [0.3, 0.4) is 0 Å². The van der Waals surface area contributed by atoms with Gasteiger partial charge in [0.2, 0.25) is 0 Å². The number of ether oxygens (including phenoxy) is 2. The Hall–Kier alpha value is -0.160. The van der Waals surface area contributed by atoms with Gasteiger partial charge in [0, 0.05) is 32.9 Å². The predicted octanol–water partition coefficient (Wildman–Crippen LogP) is 3.65. The van der Waals surface area contributed by atoms with Crippen LogP contribution >= 0.6 is 0 Å². The van der Waals surface area contributed by atoms with Crippen molar-refractivity contribution in [3.63, 3.8) is 0 Å². The summed E-state index contributed by atoms with van der Waals surface area (Å²) in [6.07, 6.45) is 3.37. The molecule has 1 heterocycles. The molecule has 0 spiro atoms. The van der Waals surface area contributed by atoms with E-state index < -0.39 is 0 Å². The molecule has 1 rings (SSSR count). The smallest absolute Gasteiger partial charge is 0.0815 e. The molecule has 1 fully saturated rings. The lowest BCUT2D eigenvalue weighted by Gasteiger charge is -2.41. The first-order valence-electron chi connectivity index (χ1n) is 8.31. The largest absolute Gasteiger partial charge is 0.381 e. The van der Waals surface area contributed by atoms with Crippen molar-refractivity contribution in [3.05, 3.63) is 0 Å². The van der Waals surface area contributed by atoms with Gasteiger partial charge in [-0.05, 0) is 66.7 Å². The Kier molecular flexibility index (Phi) is 7.62. The maximum atomic E-state index is 5.79. The molecule has 0 bridgehead atoms. The fourth-order valence-electron chi connectivity index (χ4n) is 2.28. The van der Waals surface area contributed by atoms with Crippen molar-refractivity contribution in [3.8, 4) is 0 Å². The van der Waals surface area contributed by atoms with E-state index in [2.05, 4.69) is 46.6 Å². The van der Waals surface area contributed by atoms with E-state index in [1.54, 1.807) is 0 Å². The van der Waals surface area contributed by atoms with Crippen molar-refractivity contribution < 1.29 is 14.3 Å². The molecule has 0 aromatic carbocycles. The summed E-state index contributed by atoms with van der Waals surface area (Å²) in [6, 6.07) is 0. The Bertz CT molecular complexity index is 275. The van der Waals surface area contributed by atoms with Gasteiger partial charge in [-0.3, -0.25) is 4.84 Å². The first-order chi connectivity index (χ1) is 9.66. The van der Waals surface area contributed by atoms with E-state index in [1.165, 1.54) is 6.42 Å². The molecule has 0 radical (unpaired) electrons. The molecule has 0 aliphatic carbocycles. The van der Waals surface area contributed by atoms with Gasteiger partial charge in [0.25, 0.3) is 0 Å². The van der Waals surface area contributed by atoms with E-state index in [0.29, 0.717) is 0 Å². The molecule has 0 aromatic heterocycles. The summed E-state index contributed by atoms with van der Waals surface area (Å²) in [5.74, 6) is 0.778. The zero-order valence-corrected chi connectivity index (χ0v) is 14.9. The normalized spacial score (nSPS) is 18.0. The van der Waals surface area contributed by atoms with Gasteiger partial charge in [-0.25, -0.2) is 0 Å². The lowest BCUT2D eigenvalue weighted by atomic mass is 9.97. The van der Waals surface area contributed by atoms with Gasteiger partial charge in [0.1, 0.15) is 0 Å². The molecule has 1 saturated heterocycles. The summed E-state index contributed by atoms with van der Waals surface area (Å²) >= 11 is 0. The molecular formula is C17H35NO3. The molecule has 4 heteroatoms. The quantitative estimate of drug-likeness (QED) is 0.608. The van der Waals surface area contributed by atoms with E-state index in [4.69, 9.17) is 14.3 Å². The second-order valence-electron chi connectivity index (χ2n) is 7.99. The maximum absolute atomic E-state index is 5.79. The van der Waals surface area contributed by atoms with Gasteiger partial charge < -0.3 is 9.47 Å². The molecule has 0 amide bonds. The molecule has 0 saturated carbocycles. The van der Waals surface area contributed by atoms with Crippen molar-refractivity contribution in [2.75, 3.05) is 32.9 Å². The van der Waals surface area contributed by atoms with Gasteiger partial charge in [-0.2, -0.15) is 5.06 Å². The minimum absolute atomic E-state index is 0.0365. The third-order valence-electron chi connectivity index (χ3n) is 3.20. The fourth-order valence-corrected chi connectivity index (χ4v) is 2.28. The van der Waals surface area contributed by atoms with E-state index in [9.17, 15) is 0 Å².